The quantitative estimate of drug-likeness (QED) is 0.673. The fraction of sp³-hybridized carbons (Fsp3) is 0.316. The number of thioether (sulfide) groups is 1. The molecule has 1 aliphatic heterocycles. The van der Waals surface area contributed by atoms with Gasteiger partial charge in [0.15, 0.2) is 0 Å². The summed E-state index contributed by atoms with van der Waals surface area (Å²) in [4.78, 5) is 18.3. The molecule has 0 saturated heterocycles. The number of nitrogens with zero attached hydrogens (tertiary/aromatic N) is 3. The van der Waals surface area contributed by atoms with Crippen molar-refractivity contribution in [3.8, 4) is 11.4 Å². The number of anilines is 1. The number of aryl methyl sites for hydroxylation is 2. The van der Waals surface area contributed by atoms with Crippen LogP contribution in [0.2, 0.25) is 0 Å². The van der Waals surface area contributed by atoms with Crippen LogP contribution in [0.3, 0.4) is 0 Å². The van der Waals surface area contributed by atoms with Crippen LogP contribution in [0.1, 0.15) is 30.9 Å². The number of ether oxygens (including phenoxy) is 1. The number of aromatic nitrogens is 3. The molecule has 1 N–H and O–H groups in total. The molecular formula is C19H20N4O2S2. The van der Waals surface area contributed by atoms with Gasteiger partial charge in [0, 0.05) is 36.0 Å². The summed E-state index contributed by atoms with van der Waals surface area (Å²) in [6.45, 7) is 2.91. The lowest BCUT2D eigenvalue weighted by Crippen LogP contribution is -2.06. The zero-order valence-electron chi connectivity index (χ0n) is 15.4. The summed E-state index contributed by atoms with van der Waals surface area (Å²) in [5.41, 5.74) is 3.96. The minimum Gasteiger partial charge on any atom is -0.465 e. The largest absolute Gasteiger partial charge is 0.465 e. The zero-order valence-corrected chi connectivity index (χ0v) is 17.0. The second kappa shape index (κ2) is 7.36. The van der Waals surface area contributed by atoms with Crippen LogP contribution in [-0.2, 0) is 11.8 Å². The number of fused-ring (bicyclic) bond motifs is 1. The fourth-order valence-corrected chi connectivity index (χ4v) is 5.90. The molecule has 4 heterocycles. The predicted octanol–water partition coefficient (Wildman–Crippen LogP) is 3.89. The van der Waals surface area contributed by atoms with Gasteiger partial charge in [-0.05, 0) is 30.7 Å². The van der Waals surface area contributed by atoms with E-state index in [0.29, 0.717) is 4.88 Å². The number of pyridine rings is 1. The van der Waals surface area contributed by atoms with Gasteiger partial charge in [-0.25, -0.2) is 4.79 Å². The average Bonchev–Trinajstić information content (AvgIpc) is 3.14. The number of carbonyl (C=O) groups excluding carboxylic acids is 1. The number of hydrogen-bond donors (Lipinski definition) is 1. The summed E-state index contributed by atoms with van der Waals surface area (Å²) >= 11 is 3.37. The molecule has 0 bridgehead atoms. The summed E-state index contributed by atoms with van der Waals surface area (Å²) < 4.78 is 6.80. The number of nitrogens with one attached hydrogen (secondary N) is 1. The Kier molecular flexibility index (Phi) is 4.92. The smallest absolute Gasteiger partial charge is 0.348 e. The first-order valence-electron chi connectivity index (χ1n) is 8.62. The summed E-state index contributed by atoms with van der Waals surface area (Å²) in [7, 11) is 3.37. The molecule has 140 valence electrons. The number of methoxy groups -OCH3 is 1. The summed E-state index contributed by atoms with van der Waals surface area (Å²) in [5.74, 6) is 1.69. The van der Waals surface area contributed by atoms with Gasteiger partial charge in [-0.2, -0.15) is 5.10 Å². The zero-order chi connectivity index (χ0) is 19.0. The molecule has 27 heavy (non-hydrogen) atoms. The van der Waals surface area contributed by atoms with Gasteiger partial charge in [-0.1, -0.05) is 6.07 Å². The van der Waals surface area contributed by atoms with Crippen molar-refractivity contribution in [2.75, 3.05) is 24.7 Å². The Labute approximate surface area is 166 Å². The lowest BCUT2D eigenvalue weighted by molar-refractivity contribution is 0.0606. The highest BCUT2D eigenvalue weighted by molar-refractivity contribution is 7.99. The van der Waals surface area contributed by atoms with E-state index in [1.807, 2.05) is 54.7 Å². The van der Waals surface area contributed by atoms with Crippen LogP contribution in [0.4, 0.5) is 5.82 Å². The number of carbonyl (C=O) groups is 1. The number of thiophene rings is 1. The van der Waals surface area contributed by atoms with Crippen molar-refractivity contribution in [1.82, 2.24) is 14.8 Å². The van der Waals surface area contributed by atoms with Crippen LogP contribution in [-0.4, -0.2) is 40.1 Å². The van der Waals surface area contributed by atoms with Gasteiger partial charge in [0.25, 0.3) is 0 Å². The Bertz CT molecular complexity index is 981. The maximum absolute atomic E-state index is 12.0. The Hall–Kier alpha value is -2.32. The van der Waals surface area contributed by atoms with Gasteiger partial charge >= 0.3 is 5.97 Å². The Balaban J connectivity index is 1.88. The highest BCUT2D eigenvalue weighted by Gasteiger charge is 2.32. The topological polar surface area (TPSA) is 69.0 Å². The molecular weight excluding hydrogens is 380 g/mol. The van der Waals surface area contributed by atoms with E-state index in [9.17, 15) is 4.79 Å². The average molecular weight is 401 g/mol. The first-order valence-corrected chi connectivity index (χ1v) is 10.5. The first-order chi connectivity index (χ1) is 13.1. The summed E-state index contributed by atoms with van der Waals surface area (Å²) in [5, 5.41) is 8.35. The van der Waals surface area contributed by atoms with Crippen LogP contribution in [0.25, 0.3) is 11.4 Å². The predicted molar refractivity (Wildman–Crippen MR) is 110 cm³/mol. The van der Waals surface area contributed by atoms with Crippen LogP contribution in [0.15, 0.2) is 30.5 Å². The molecule has 3 aromatic rings. The molecule has 0 aromatic carbocycles. The maximum Gasteiger partial charge on any atom is 0.348 e. The molecule has 6 nitrogen and oxygen atoms in total. The highest BCUT2D eigenvalue weighted by atomic mass is 32.2. The Morgan fingerprint density at radius 2 is 2.26 bits per heavy atom. The van der Waals surface area contributed by atoms with Crippen molar-refractivity contribution in [2.24, 2.45) is 7.05 Å². The molecule has 0 saturated carbocycles. The van der Waals surface area contributed by atoms with E-state index in [0.717, 1.165) is 45.5 Å². The van der Waals surface area contributed by atoms with E-state index >= 15 is 0 Å². The normalized spacial score (nSPS) is 16.3. The molecule has 0 fully saturated rings. The lowest BCUT2D eigenvalue weighted by Gasteiger charge is -2.15. The third-order valence-corrected chi connectivity index (χ3v) is 7.19. The Morgan fingerprint density at radius 1 is 1.41 bits per heavy atom. The van der Waals surface area contributed by atoms with Crippen molar-refractivity contribution >= 4 is 34.9 Å². The first kappa shape index (κ1) is 18.1. The minimum absolute atomic E-state index is 0.0871. The van der Waals surface area contributed by atoms with Crippen molar-refractivity contribution < 1.29 is 9.53 Å². The fourth-order valence-electron chi connectivity index (χ4n) is 3.28. The number of esters is 1. The summed E-state index contributed by atoms with van der Waals surface area (Å²) in [6, 6.07) is 7.78. The van der Waals surface area contributed by atoms with E-state index in [1.54, 1.807) is 6.20 Å². The SMILES string of the molecule is COC(=O)c1cc(C)c(C2SCCNc3c2c(-c2ccccn2)nn3C)s1. The van der Waals surface area contributed by atoms with Gasteiger partial charge < -0.3 is 10.1 Å². The van der Waals surface area contributed by atoms with Crippen LogP contribution >= 0.6 is 23.1 Å². The molecule has 0 amide bonds. The van der Waals surface area contributed by atoms with Crippen molar-refractivity contribution in [2.45, 2.75) is 12.2 Å². The lowest BCUT2D eigenvalue weighted by atomic mass is 10.1. The van der Waals surface area contributed by atoms with Gasteiger partial charge in [-0.15, -0.1) is 23.1 Å². The number of rotatable bonds is 3. The second-order valence-corrected chi connectivity index (χ2v) is 8.57. The molecule has 1 atom stereocenters. The minimum atomic E-state index is -0.289. The van der Waals surface area contributed by atoms with Crippen molar-refractivity contribution in [3.63, 3.8) is 0 Å². The standard InChI is InChI=1S/C19H20N4O2S2/c1-11-10-13(19(24)25-3)27-16(11)17-14-15(12-6-4-5-7-20-12)22-23(2)18(14)21-8-9-26-17/h4-7,10,17,21H,8-9H2,1-3H3. The third-order valence-electron chi connectivity index (χ3n) is 4.51. The highest BCUT2D eigenvalue weighted by Crippen LogP contribution is 2.48. The van der Waals surface area contributed by atoms with Crippen LogP contribution < -0.4 is 5.32 Å². The van der Waals surface area contributed by atoms with Crippen molar-refractivity contribution in [3.05, 3.63) is 51.3 Å². The molecule has 3 aromatic heterocycles. The maximum atomic E-state index is 12.0. The molecule has 0 radical (unpaired) electrons. The molecule has 1 aliphatic rings. The van der Waals surface area contributed by atoms with Gasteiger partial charge in [0.05, 0.1) is 18.1 Å². The number of hydrogen-bond acceptors (Lipinski definition) is 7. The van der Waals surface area contributed by atoms with E-state index in [2.05, 4.69) is 10.3 Å². The third kappa shape index (κ3) is 3.23. The van der Waals surface area contributed by atoms with Gasteiger partial charge in [0.2, 0.25) is 0 Å². The molecule has 4 rings (SSSR count). The molecule has 0 aliphatic carbocycles. The molecule has 8 heteroatoms. The van der Waals surface area contributed by atoms with Gasteiger partial charge in [-0.3, -0.25) is 9.67 Å². The van der Waals surface area contributed by atoms with E-state index in [1.165, 1.54) is 18.4 Å². The molecule has 1 unspecified atom stereocenters. The molecule has 0 spiro atoms. The Morgan fingerprint density at radius 3 is 3.00 bits per heavy atom. The van der Waals surface area contributed by atoms with E-state index in [-0.39, 0.29) is 11.2 Å². The van der Waals surface area contributed by atoms with Gasteiger partial charge in [0.1, 0.15) is 16.4 Å². The second-order valence-electron chi connectivity index (χ2n) is 6.28. The van der Waals surface area contributed by atoms with Crippen molar-refractivity contribution in [1.29, 1.82) is 0 Å². The monoisotopic (exact) mass is 400 g/mol. The van der Waals surface area contributed by atoms with Crippen LogP contribution in [0, 0.1) is 6.92 Å². The van der Waals surface area contributed by atoms with E-state index < -0.39 is 0 Å². The van der Waals surface area contributed by atoms with E-state index in [4.69, 9.17) is 9.84 Å². The van der Waals surface area contributed by atoms with Crippen LogP contribution in [0.5, 0.6) is 0 Å². The summed E-state index contributed by atoms with van der Waals surface area (Å²) in [6.07, 6.45) is 1.79.